The minimum Gasteiger partial charge on any atom is -0.497 e. The molecule has 0 spiro atoms. The molecule has 0 bridgehead atoms. The number of hydrogen-bond acceptors (Lipinski definition) is 4. The molecular formula is C13H20N2O3S. The van der Waals surface area contributed by atoms with Crippen molar-refractivity contribution in [3.63, 3.8) is 0 Å². The third kappa shape index (κ3) is 4.90. The Morgan fingerprint density at radius 2 is 2.16 bits per heavy atom. The minimum absolute atomic E-state index is 0.0684. The Labute approximate surface area is 116 Å². The highest BCUT2D eigenvalue weighted by Crippen LogP contribution is 2.24. The van der Waals surface area contributed by atoms with Crippen LogP contribution < -0.4 is 15.8 Å². The molecule has 0 fully saturated rings. The molecule has 0 aliphatic heterocycles. The van der Waals surface area contributed by atoms with E-state index in [4.69, 9.17) is 10.5 Å². The van der Waals surface area contributed by atoms with Gasteiger partial charge in [0.05, 0.1) is 18.5 Å². The second-order valence-corrected chi connectivity index (χ2v) is 6.50. The highest BCUT2D eigenvalue weighted by Gasteiger charge is 2.10. The molecule has 0 aliphatic rings. The number of carbonyl (C=O) groups excluding carboxylic acids is 1. The fourth-order valence-electron chi connectivity index (χ4n) is 1.42. The van der Waals surface area contributed by atoms with Crippen molar-refractivity contribution in [2.24, 2.45) is 0 Å². The van der Waals surface area contributed by atoms with Gasteiger partial charge in [-0.05, 0) is 12.1 Å². The van der Waals surface area contributed by atoms with Gasteiger partial charge in [-0.2, -0.15) is 0 Å². The van der Waals surface area contributed by atoms with E-state index in [0.717, 1.165) is 0 Å². The summed E-state index contributed by atoms with van der Waals surface area (Å²) in [5.41, 5.74) is 6.78. The first-order valence-electron chi connectivity index (χ1n) is 6.04. The van der Waals surface area contributed by atoms with E-state index < -0.39 is 10.8 Å². The summed E-state index contributed by atoms with van der Waals surface area (Å²) in [6, 6.07) is 5.05. The molecule has 19 heavy (non-hydrogen) atoms. The summed E-state index contributed by atoms with van der Waals surface area (Å²) in [5.74, 6) is 0.807. The Hall–Kier alpha value is -1.56. The lowest BCUT2D eigenvalue weighted by atomic mass is 10.2. The van der Waals surface area contributed by atoms with Gasteiger partial charge < -0.3 is 15.8 Å². The van der Waals surface area contributed by atoms with Crippen LogP contribution in [0.15, 0.2) is 18.2 Å². The van der Waals surface area contributed by atoms with Crippen LogP contribution in [-0.2, 0) is 15.6 Å². The maximum absolute atomic E-state index is 11.7. The molecule has 0 saturated heterocycles. The van der Waals surface area contributed by atoms with E-state index >= 15 is 0 Å². The van der Waals surface area contributed by atoms with Crippen LogP contribution in [0.1, 0.15) is 20.3 Å². The molecule has 1 amide bonds. The van der Waals surface area contributed by atoms with Crippen molar-refractivity contribution in [3.8, 4) is 5.75 Å². The number of carbonyl (C=O) groups is 1. The average molecular weight is 284 g/mol. The number of rotatable bonds is 6. The van der Waals surface area contributed by atoms with Gasteiger partial charge in [-0.1, -0.05) is 13.8 Å². The Morgan fingerprint density at radius 1 is 1.47 bits per heavy atom. The molecule has 1 aromatic rings. The van der Waals surface area contributed by atoms with E-state index in [9.17, 15) is 9.00 Å². The Morgan fingerprint density at radius 3 is 2.68 bits per heavy atom. The number of methoxy groups -OCH3 is 1. The quantitative estimate of drug-likeness (QED) is 0.780. The summed E-state index contributed by atoms with van der Waals surface area (Å²) >= 11 is 0. The second-order valence-electron chi connectivity index (χ2n) is 4.38. The van der Waals surface area contributed by atoms with Crippen molar-refractivity contribution in [2.45, 2.75) is 25.5 Å². The standard InChI is InChI=1S/C13H20N2O3S/c1-9(2)19(17)7-6-13(16)15-12-5-4-10(18-3)8-11(12)14/h4-5,8-9H,6-7,14H2,1-3H3,(H,15,16). The molecule has 0 aliphatic carbocycles. The first-order valence-corrected chi connectivity index (χ1v) is 7.42. The monoisotopic (exact) mass is 284 g/mol. The molecule has 1 rings (SSSR count). The van der Waals surface area contributed by atoms with Crippen LogP contribution in [0.5, 0.6) is 5.75 Å². The van der Waals surface area contributed by atoms with Crippen molar-refractivity contribution >= 4 is 28.1 Å². The smallest absolute Gasteiger partial charge is 0.225 e. The topological polar surface area (TPSA) is 81.4 Å². The van der Waals surface area contributed by atoms with Crippen LogP contribution in [0, 0.1) is 0 Å². The van der Waals surface area contributed by atoms with Crippen molar-refractivity contribution in [1.82, 2.24) is 0 Å². The molecule has 3 N–H and O–H groups in total. The molecule has 0 aromatic heterocycles. The molecule has 0 saturated carbocycles. The number of amides is 1. The van der Waals surface area contributed by atoms with Crippen molar-refractivity contribution in [3.05, 3.63) is 18.2 Å². The van der Waals surface area contributed by atoms with Crippen LogP contribution in [0.2, 0.25) is 0 Å². The van der Waals surface area contributed by atoms with Gasteiger partial charge >= 0.3 is 0 Å². The number of benzene rings is 1. The lowest BCUT2D eigenvalue weighted by Gasteiger charge is -2.10. The SMILES string of the molecule is COc1ccc(NC(=O)CCS(=O)C(C)C)c(N)c1. The fraction of sp³-hybridized carbons (Fsp3) is 0.462. The van der Waals surface area contributed by atoms with Gasteiger partial charge in [0.15, 0.2) is 0 Å². The molecule has 6 heteroatoms. The first-order chi connectivity index (χ1) is 8.93. The van der Waals surface area contributed by atoms with Crippen molar-refractivity contribution in [2.75, 3.05) is 23.9 Å². The Balaban J connectivity index is 2.55. The summed E-state index contributed by atoms with van der Waals surface area (Å²) in [6.45, 7) is 3.74. The molecule has 1 aromatic carbocycles. The van der Waals surface area contributed by atoms with Gasteiger partial charge in [-0.3, -0.25) is 9.00 Å². The van der Waals surface area contributed by atoms with Crippen LogP contribution in [0.4, 0.5) is 11.4 Å². The van der Waals surface area contributed by atoms with Gasteiger partial charge in [-0.15, -0.1) is 0 Å². The van der Waals surface area contributed by atoms with Gasteiger partial charge in [-0.25, -0.2) is 0 Å². The summed E-state index contributed by atoms with van der Waals surface area (Å²) < 4.78 is 16.6. The van der Waals surface area contributed by atoms with Gasteiger partial charge in [0.2, 0.25) is 5.91 Å². The van der Waals surface area contributed by atoms with Gasteiger partial charge in [0, 0.05) is 34.3 Å². The highest BCUT2D eigenvalue weighted by molar-refractivity contribution is 7.85. The fourth-order valence-corrected chi connectivity index (χ4v) is 2.28. The number of nitrogens with one attached hydrogen (secondary N) is 1. The van der Waals surface area contributed by atoms with E-state index in [2.05, 4.69) is 5.32 Å². The van der Waals surface area contributed by atoms with E-state index in [-0.39, 0.29) is 17.6 Å². The van der Waals surface area contributed by atoms with Gasteiger partial charge in [0.1, 0.15) is 5.75 Å². The zero-order chi connectivity index (χ0) is 14.4. The minimum atomic E-state index is -0.973. The molecule has 5 nitrogen and oxygen atoms in total. The Bertz CT molecular complexity index is 475. The average Bonchev–Trinajstić information content (AvgIpc) is 2.38. The third-order valence-electron chi connectivity index (χ3n) is 2.59. The normalized spacial score (nSPS) is 12.2. The van der Waals surface area contributed by atoms with Crippen LogP contribution >= 0.6 is 0 Å². The maximum atomic E-state index is 11.7. The van der Waals surface area contributed by atoms with Crippen molar-refractivity contribution in [1.29, 1.82) is 0 Å². The molecule has 106 valence electrons. The highest BCUT2D eigenvalue weighted by atomic mass is 32.2. The third-order valence-corrected chi connectivity index (χ3v) is 4.25. The number of nitrogen functional groups attached to an aromatic ring is 1. The predicted molar refractivity (Wildman–Crippen MR) is 78.8 cm³/mol. The van der Waals surface area contributed by atoms with E-state index in [1.54, 1.807) is 25.3 Å². The van der Waals surface area contributed by atoms with Crippen LogP contribution in [0.3, 0.4) is 0 Å². The lowest BCUT2D eigenvalue weighted by molar-refractivity contribution is -0.115. The van der Waals surface area contributed by atoms with E-state index in [1.807, 2.05) is 13.8 Å². The number of ether oxygens (including phenoxy) is 1. The zero-order valence-corrected chi connectivity index (χ0v) is 12.3. The Kier molecular flexibility index (Phi) is 5.82. The van der Waals surface area contributed by atoms with E-state index in [0.29, 0.717) is 22.9 Å². The second kappa shape index (κ2) is 7.13. The van der Waals surface area contributed by atoms with Crippen LogP contribution in [-0.4, -0.2) is 28.2 Å². The number of nitrogens with two attached hydrogens (primary N) is 1. The lowest BCUT2D eigenvalue weighted by Crippen LogP contribution is -2.18. The van der Waals surface area contributed by atoms with Crippen LogP contribution in [0.25, 0.3) is 0 Å². The summed E-state index contributed by atoms with van der Waals surface area (Å²) in [5, 5.41) is 2.77. The molecular weight excluding hydrogens is 264 g/mol. The van der Waals surface area contributed by atoms with Gasteiger partial charge in [0.25, 0.3) is 0 Å². The molecule has 1 atom stereocenters. The predicted octanol–water partition coefficient (Wildman–Crippen LogP) is 1.76. The zero-order valence-electron chi connectivity index (χ0n) is 11.4. The first kappa shape index (κ1) is 15.5. The molecule has 0 radical (unpaired) electrons. The molecule has 0 heterocycles. The van der Waals surface area contributed by atoms with Crippen molar-refractivity contribution < 1.29 is 13.7 Å². The maximum Gasteiger partial charge on any atom is 0.225 e. The molecule has 1 unspecified atom stereocenters. The summed E-state index contributed by atoms with van der Waals surface area (Å²) in [4.78, 5) is 11.7. The largest absolute Gasteiger partial charge is 0.497 e. The summed E-state index contributed by atoms with van der Waals surface area (Å²) in [7, 11) is 0.577. The number of anilines is 2. The van der Waals surface area contributed by atoms with E-state index in [1.165, 1.54) is 0 Å². The number of hydrogen-bond donors (Lipinski definition) is 2. The summed E-state index contributed by atoms with van der Waals surface area (Å²) in [6.07, 6.45) is 0.219.